The van der Waals surface area contributed by atoms with Gasteiger partial charge >= 0.3 is 0 Å². The van der Waals surface area contributed by atoms with Crippen molar-refractivity contribution in [3.05, 3.63) is 0 Å². The summed E-state index contributed by atoms with van der Waals surface area (Å²) in [6.45, 7) is 5.96. The van der Waals surface area contributed by atoms with Gasteiger partial charge < -0.3 is 10.1 Å². The lowest BCUT2D eigenvalue weighted by atomic mass is 9.82. The number of terminal acetylenes is 1. The van der Waals surface area contributed by atoms with Crippen LogP contribution in [0.5, 0.6) is 0 Å². The SMILES string of the molecule is C#CCC(NCC)C(OCC)C1CCCCC1. The molecule has 0 aromatic carbocycles. The maximum Gasteiger partial charge on any atom is 0.0765 e. The van der Waals surface area contributed by atoms with E-state index in [1.165, 1.54) is 32.1 Å². The van der Waals surface area contributed by atoms with Gasteiger partial charge in [-0.2, -0.15) is 0 Å². The van der Waals surface area contributed by atoms with Crippen LogP contribution in [0, 0.1) is 18.3 Å². The van der Waals surface area contributed by atoms with E-state index in [0.717, 1.165) is 19.6 Å². The Labute approximate surface area is 107 Å². The Kier molecular flexibility index (Phi) is 7.32. The molecule has 2 atom stereocenters. The van der Waals surface area contributed by atoms with E-state index in [1.807, 2.05) is 0 Å². The van der Waals surface area contributed by atoms with Crippen molar-refractivity contribution in [3.63, 3.8) is 0 Å². The third kappa shape index (κ3) is 4.69. The maximum atomic E-state index is 5.99. The highest BCUT2D eigenvalue weighted by Gasteiger charge is 2.30. The number of hydrogen-bond acceptors (Lipinski definition) is 2. The Hall–Kier alpha value is -0.520. The van der Waals surface area contributed by atoms with E-state index < -0.39 is 0 Å². The van der Waals surface area contributed by atoms with Gasteiger partial charge in [0, 0.05) is 19.1 Å². The van der Waals surface area contributed by atoms with E-state index in [2.05, 4.69) is 25.1 Å². The summed E-state index contributed by atoms with van der Waals surface area (Å²) in [7, 11) is 0. The van der Waals surface area contributed by atoms with E-state index >= 15 is 0 Å². The van der Waals surface area contributed by atoms with Crippen molar-refractivity contribution in [3.8, 4) is 12.3 Å². The lowest BCUT2D eigenvalue weighted by molar-refractivity contribution is -0.0161. The lowest BCUT2D eigenvalue weighted by Gasteiger charge is -2.35. The first kappa shape index (κ1) is 14.5. The fourth-order valence-corrected chi connectivity index (χ4v) is 2.93. The minimum atomic E-state index is 0.302. The Morgan fingerprint density at radius 3 is 2.53 bits per heavy atom. The topological polar surface area (TPSA) is 21.3 Å². The molecule has 1 rings (SSSR count). The number of hydrogen-bond donors (Lipinski definition) is 1. The largest absolute Gasteiger partial charge is 0.377 e. The Bertz CT molecular complexity index is 228. The highest BCUT2D eigenvalue weighted by Crippen LogP contribution is 2.30. The zero-order valence-corrected chi connectivity index (χ0v) is 11.4. The van der Waals surface area contributed by atoms with Gasteiger partial charge in [0.2, 0.25) is 0 Å². The highest BCUT2D eigenvalue weighted by atomic mass is 16.5. The lowest BCUT2D eigenvalue weighted by Crippen LogP contribution is -2.45. The van der Waals surface area contributed by atoms with E-state index in [0.29, 0.717) is 18.1 Å². The summed E-state index contributed by atoms with van der Waals surface area (Å²) < 4.78 is 5.99. The van der Waals surface area contributed by atoms with Crippen molar-refractivity contribution in [1.29, 1.82) is 0 Å². The van der Waals surface area contributed by atoms with Crippen molar-refractivity contribution in [2.75, 3.05) is 13.2 Å². The van der Waals surface area contributed by atoms with Crippen molar-refractivity contribution in [1.82, 2.24) is 5.32 Å². The van der Waals surface area contributed by atoms with Gasteiger partial charge in [-0.05, 0) is 32.2 Å². The van der Waals surface area contributed by atoms with Gasteiger partial charge in [0.05, 0.1) is 6.10 Å². The number of rotatable bonds is 7. The number of ether oxygens (including phenoxy) is 1. The highest BCUT2D eigenvalue weighted by molar-refractivity contribution is 4.95. The van der Waals surface area contributed by atoms with Crippen LogP contribution in [0.1, 0.15) is 52.4 Å². The second kappa shape index (κ2) is 8.55. The zero-order chi connectivity index (χ0) is 12.5. The normalized spacial score (nSPS) is 20.8. The molecule has 0 spiro atoms. The summed E-state index contributed by atoms with van der Waals surface area (Å²) >= 11 is 0. The van der Waals surface area contributed by atoms with Crippen molar-refractivity contribution in [2.45, 2.75) is 64.5 Å². The molecule has 0 radical (unpaired) electrons. The van der Waals surface area contributed by atoms with Crippen LogP contribution in [0.4, 0.5) is 0 Å². The molecule has 0 aromatic heterocycles. The molecule has 2 heteroatoms. The summed E-state index contributed by atoms with van der Waals surface area (Å²) in [6, 6.07) is 0.327. The molecule has 2 nitrogen and oxygen atoms in total. The average molecular weight is 237 g/mol. The van der Waals surface area contributed by atoms with Gasteiger partial charge in [-0.1, -0.05) is 26.2 Å². The molecule has 1 fully saturated rings. The molecule has 0 aromatic rings. The van der Waals surface area contributed by atoms with E-state index in [-0.39, 0.29) is 0 Å². The van der Waals surface area contributed by atoms with E-state index in [4.69, 9.17) is 11.2 Å². The van der Waals surface area contributed by atoms with Crippen LogP contribution < -0.4 is 5.32 Å². The maximum absolute atomic E-state index is 5.99. The summed E-state index contributed by atoms with van der Waals surface area (Å²) in [5.74, 6) is 3.48. The van der Waals surface area contributed by atoms with Crippen LogP contribution >= 0.6 is 0 Å². The fourth-order valence-electron chi connectivity index (χ4n) is 2.93. The molecule has 0 aliphatic heterocycles. The molecule has 0 heterocycles. The standard InChI is InChI=1S/C15H27NO/c1-4-10-14(16-5-2)15(17-6-3)13-11-8-7-9-12-13/h1,13-16H,5-12H2,2-3H3. The molecule has 1 saturated carbocycles. The molecule has 0 saturated heterocycles. The number of likely N-dealkylation sites (N-methyl/N-ethyl adjacent to an activating group) is 1. The molecule has 0 bridgehead atoms. The Morgan fingerprint density at radius 2 is 2.00 bits per heavy atom. The molecule has 1 aliphatic rings. The summed E-state index contributed by atoms with van der Waals surface area (Å²) in [5, 5.41) is 3.50. The monoisotopic (exact) mass is 237 g/mol. The van der Waals surface area contributed by atoms with Crippen LogP contribution in [0.3, 0.4) is 0 Å². The van der Waals surface area contributed by atoms with Gasteiger partial charge in [-0.3, -0.25) is 0 Å². The van der Waals surface area contributed by atoms with Crippen molar-refractivity contribution < 1.29 is 4.74 Å². The van der Waals surface area contributed by atoms with Gasteiger partial charge in [-0.15, -0.1) is 12.3 Å². The minimum absolute atomic E-state index is 0.302. The van der Waals surface area contributed by atoms with Crippen molar-refractivity contribution in [2.24, 2.45) is 5.92 Å². The van der Waals surface area contributed by atoms with Gasteiger partial charge in [0.15, 0.2) is 0 Å². The van der Waals surface area contributed by atoms with E-state index in [1.54, 1.807) is 0 Å². The molecule has 2 unspecified atom stereocenters. The first-order chi connectivity index (χ1) is 8.33. The molecular formula is C15H27NO. The summed E-state index contributed by atoms with van der Waals surface area (Å²) in [5.41, 5.74) is 0. The second-order valence-corrected chi connectivity index (χ2v) is 4.89. The molecule has 98 valence electrons. The van der Waals surface area contributed by atoms with Crippen LogP contribution in [0.15, 0.2) is 0 Å². The minimum Gasteiger partial charge on any atom is -0.377 e. The third-order valence-electron chi connectivity index (χ3n) is 3.67. The molecule has 0 amide bonds. The first-order valence-corrected chi connectivity index (χ1v) is 7.11. The molecular weight excluding hydrogens is 210 g/mol. The molecule has 1 aliphatic carbocycles. The van der Waals surface area contributed by atoms with Gasteiger partial charge in [0.25, 0.3) is 0 Å². The third-order valence-corrected chi connectivity index (χ3v) is 3.67. The first-order valence-electron chi connectivity index (χ1n) is 7.11. The van der Waals surface area contributed by atoms with Crippen LogP contribution in [-0.4, -0.2) is 25.3 Å². The van der Waals surface area contributed by atoms with Crippen LogP contribution in [0.2, 0.25) is 0 Å². The average Bonchev–Trinajstić information content (AvgIpc) is 2.37. The zero-order valence-electron chi connectivity index (χ0n) is 11.4. The quantitative estimate of drug-likeness (QED) is 0.687. The summed E-state index contributed by atoms with van der Waals surface area (Å²) in [4.78, 5) is 0. The van der Waals surface area contributed by atoms with Crippen LogP contribution in [-0.2, 0) is 4.74 Å². The predicted octanol–water partition coefficient (Wildman–Crippen LogP) is 2.97. The van der Waals surface area contributed by atoms with Gasteiger partial charge in [-0.25, -0.2) is 0 Å². The number of nitrogens with one attached hydrogen (secondary N) is 1. The smallest absolute Gasteiger partial charge is 0.0765 e. The van der Waals surface area contributed by atoms with Crippen LogP contribution in [0.25, 0.3) is 0 Å². The Balaban J connectivity index is 2.62. The molecule has 17 heavy (non-hydrogen) atoms. The van der Waals surface area contributed by atoms with Gasteiger partial charge in [0.1, 0.15) is 0 Å². The Morgan fingerprint density at radius 1 is 1.29 bits per heavy atom. The second-order valence-electron chi connectivity index (χ2n) is 4.89. The predicted molar refractivity (Wildman–Crippen MR) is 72.9 cm³/mol. The fraction of sp³-hybridized carbons (Fsp3) is 0.867. The van der Waals surface area contributed by atoms with E-state index in [9.17, 15) is 0 Å². The summed E-state index contributed by atoms with van der Waals surface area (Å²) in [6.07, 6.45) is 13.2. The molecule has 1 N–H and O–H groups in total. The van der Waals surface area contributed by atoms with Crippen molar-refractivity contribution >= 4 is 0 Å².